The molecule has 4 rings (SSSR count). The summed E-state index contributed by atoms with van der Waals surface area (Å²) >= 11 is 6.48. The van der Waals surface area contributed by atoms with E-state index in [1.807, 2.05) is 6.07 Å². The fourth-order valence-electron chi connectivity index (χ4n) is 4.00. The van der Waals surface area contributed by atoms with Gasteiger partial charge in [0.1, 0.15) is 12.4 Å². The maximum Gasteiger partial charge on any atom is 0.411 e. The van der Waals surface area contributed by atoms with Gasteiger partial charge < -0.3 is 19.8 Å². The average Bonchev–Trinajstić information content (AvgIpc) is 2.98. The van der Waals surface area contributed by atoms with E-state index in [1.165, 1.54) is 0 Å². The summed E-state index contributed by atoms with van der Waals surface area (Å²) in [7, 11) is 0. The molecule has 1 aromatic heterocycles. The minimum Gasteiger partial charge on any atom is -0.488 e. The van der Waals surface area contributed by atoms with E-state index in [0.717, 1.165) is 41.4 Å². The standard InChI is InChI=1S/C24H26ClF2N3O3/c1-13(2)33-24(31)29-19-9-6-14(10-18(19)25)23-22(28)17-8-7-16(32-12-21(26)27)11-20(17)30(23)15-4-3-5-15/h6-11,13,15,21H,3-5,12,28H2,1-2H3,(H,29,31). The molecule has 0 atom stereocenters. The van der Waals surface area contributed by atoms with Crippen LogP contribution in [0.5, 0.6) is 5.75 Å². The third kappa shape index (κ3) is 4.85. The zero-order chi connectivity index (χ0) is 23.7. The second kappa shape index (κ2) is 9.47. The van der Waals surface area contributed by atoms with Crippen LogP contribution in [-0.4, -0.2) is 29.8 Å². The summed E-state index contributed by atoms with van der Waals surface area (Å²) in [6, 6.07) is 10.7. The summed E-state index contributed by atoms with van der Waals surface area (Å²) in [5, 5.41) is 3.81. The van der Waals surface area contributed by atoms with Crippen LogP contribution in [0.15, 0.2) is 36.4 Å². The molecule has 0 aliphatic heterocycles. The topological polar surface area (TPSA) is 78.5 Å². The molecule has 1 saturated carbocycles. The van der Waals surface area contributed by atoms with Gasteiger partial charge in [-0.05, 0) is 57.4 Å². The smallest absolute Gasteiger partial charge is 0.411 e. The minimum absolute atomic E-state index is 0.239. The second-order valence-electron chi connectivity index (χ2n) is 8.37. The number of hydrogen-bond acceptors (Lipinski definition) is 4. The van der Waals surface area contributed by atoms with Crippen LogP contribution in [-0.2, 0) is 4.74 Å². The normalized spacial score (nSPS) is 14.0. The number of ether oxygens (including phenoxy) is 2. The molecule has 3 aromatic rings. The molecule has 0 unspecified atom stereocenters. The number of carbonyl (C=O) groups is 1. The molecule has 1 fully saturated rings. The highest BCUT2D eigenvalue weighted by molar-refractivity contribution is 6.34. The van der Waals surface area contributed by atoms with Crippen molar-refractivity contribution in [3.63, 3.8) is 0 Å². The molecule has 1 aliphatic rings. The maximum absolute atomic E-state index is 12.6. The summed E-state index contributed by atoms with van der Waals surface area (Å²) in [4.78, 5) is 11.9. The number of alkyl halides is 2. The Hall–Kier alpha value is -3.00. The highest BCUT2D eigenvalue weighted by Crippen LogP contribution is 2.45. The molecule has 6 nitrogen and oxygen atoms in total. The molecule has 0 spiro atoms. The lowest BCUT2D eigenvalue weighted by Gasteiger charge is -2.30. The van der Waals surface area contributed by atoms with Crippen LogP contribution in [0.1, 0.15) is 39.2 Å². The molecule has 0 saturated heterocycles. The first-order valence-corrected chi connectivity index (χ1v) is 11.2. The Bertz CT molecular complexity index is 1180. The first kappa shape index (κ1) is 23.2. The zero-order valence-corrected chi connectivity index (χ0v) is 19.2. The summed E-state index contributed by atoms with van der Waals surface area (Å²) in [6.07, 6.45) is -0.298. The van der Waals surface area contributed by atoms with Gasteiger partial charge in [0.15, 0.2) is 0 Å². The zero-order valence-electron chi connectivity index (χ0n) is 18.4. The monoisotopic (exact) mass is 477 g/mol. The lowest BCUT2D eigenvalue weighted by molar-refractivity contribution is 0.0819. The Balaban J connectivity index is 1.74. The van der Waals surface area contributed by atoms with Crippen LogP contribution in [0.25, 0.3) is 22.2 Å². The Morgan fingerprint density at radius 3 is 2.61 bits per heavy atom. The number of rotatable bonds is 7. The summed E-state index contributed by atoms with van der Waals surface area (Å²) < 4.78 is 37.7. The summed E-state index contributed by atoms with van der Waals surface area (Å²) in [5.74, 6) is 0.369. The first-order valence-electron chi connectivity index (χ1n) is 10.9. The predicted octanol–water partition coefficient (Wildman–Crippen LogP) is 6.87. The molecule has 33 heavy (non-hydrogen) atoms. The van der Waals surface area contributed by atoms with Crippen molar-refractivity contribution in [3.05, 3.63) is 41.4 Å². The van der Waals surface area contributed by atoms with Gasteiger partial charge in [-0.15, -0.1) is 0 Å². The van der Waals surface area contributed by atoms with E-state index < -0.39 is 19.1 Å². The average molecular weight is 478 g/mol. The quantitative estimate of drug-likeness (QED) is 0.389. The SMILES string of the molecule is CC(C)OC(=O)Nc1ccc(-c2c(N)c3ccc(OCC(F)F)cc3n2C2CCC2)cc1Cl. The highest BCUT2D eigenvalue weighted by atomic mass is 35.5. The van der Waals surface area contributed by atoms with Crippen molar-refractivity contribution in [1.29, 1.82) is 0 Å². The van der Waals surface area contributed by atoms with Crippen LogP contribution in [0.3, 0.4) is 0 Å². The first-order chi connectivity index (χ1) is 15.7. The van der Waals surface area contributed by atoms with E-state index >= 15 is 0 Å². The van der Waals surface area contributed by atoms with Crippen molar-refractivity contribution in [3.8, 4) is 17.0 Å². The number of amides is 1. The van der Waals surface area contributed by atoms with Crippen LogP contribution in [0.4, 0.5) is 25.0 Å². The van der Waals surface area contributed by atoms with Gasteiger partial charge in [0, 0.05) is 23.1 Å². The van der Waals surface area contributed by atoms with Crippen molar-refractivity contribution in [2.75, 3.05) is 17.7 Å². The minimum atomic E-state index is -2.55. The highest BCUT2D eigenvalue weighted by Gasteiger charge is 2.27. The third-order valence-corrected chi connectivity index (χ3v) is 5.97. The molecular formula is C24H26ClF2N3O3. The number of halogens is 3. The van der Waals surface area contributed by atoms with Gasteiger partial charge in [-0.2, -0.15) is 0 Å². The van der Waals surface area contributed by atoms with Gasteiger partial charge in [-0.1, -0.05) is 17.7 Å². The van der Waals surface area contributed by atoms with Gasteiger partial charge in [0.05, 0.1) is 33.7 Å². The number of nitrogens with zero attached hydrogens (tertiary/aromatic N) is 1. The van der Waals surface area contributed by atoms with E-state index in [0.29, 0.717) is 22.1 Å². The van der Waals surface area contributed by atoms with E-state index in [9.17, 15) is 13.6 Å². The fourth-order valence-corrected chi connectivity index (χ4v) is 4.23. The largest absolute Gasteiger partial charge is 0.488 e. The number of anilines is 2. The van der Waals surface area contributed by atoms with E-state index in [2.05, 4.69) is 9.88 Å². The van der Waals surface area contributed by atoms with Crippen molar-refractivity contribution in [1.82, 2.24) is 4.57 Å². The number of carbonyl (C=O) groups excluding carboxylic acids is 1. The number of benzene rings is 2. The van der Waals surface area contributed by atoms with Crippen LogP contribution in [0.2, 0.25) is 5.02 Å². The Morgan fingerprint density at radius 2 is 2.00 bits per heavy atom. The number of hydrogen-bond donors (Lipinski definition) is 2. The molecule has 1 heterocycles. The van der Waals surface area contributed by atoms with Gasteiger partial charge in [-0.3, -0.25) is 5.32 Å². The molecule has 3 N–H and O–H groups in total. The summed E-state index contributed by atoms with van der Waals surface area (Å²) in [6.45, 7) is 2.86. The lowest BCUT2D eigenvalue weighted by Crippen LogP contribution is -2.18. The predicted molar refractivity (Wildman–Crippen MR) is 126 cm³/mol. The molecule has 1 amide bonds. The molecule has 9 heteroatoms. The van der Waals surface area contributed by atoms with Gasteiger partial charge in [0.2, 0.25) is 0 Å². The fraction of sp³-hybridized carbons (Fsp3) is 0.375. The van der Waals surface area contributed by atoms with Crippen molar-refractivity contribution < 1.29 is 23.0 Å². The summed E-state index contributed by atoms with van der Waals surface area (Å²) in [5.41, 5.74) is 10.0. The molecule has 1 aliphatic carbocycles. The Labute approximate surface area is 195 Å². The third-order valence-electron chi connectivity index (χ3n) is 5.65. The lowest BCUT2D eigenvalue weighted by atomic mass is 9.92. The van der Waals surface area contributed by atoms with Crippen molar-refractivity contribution >= 4 is 40.0 Å². The van der Waals surface area contributed by atoms with Gasteiger partial charge in [0.25, 0.3) is 6.43 Å². The van der Waals surface area contributed by atoms with Gasteiger partial charge >= 0.3 is 6.09 Å². The molecule has 2 aromatic carbocycles. The Morgan fingerprint density at radius 1 is 1.24 bits per heavy atom. The number of nitrogens with two attached hydrogens (primary N) is 1. The van der Waals surface area contributed by atoms with Crippen LogP contribution in [0, 0.1) is 0 Å². The van der Waals surface area contributed by atoms with Crippen LogP contribution >= 0.6 is 11.6 Å². The molecule has 0 radical (unpaired) electrons. The number of aromatic nitrogens is 1. The number of nitrogen functional groups attached to an aromatic ring is 1. The van der Waals surface area contributed by atoms with Crippen molar-refractivity contribution in [2.45, 2.75) is 51.7 Å². The second-order valence-corrected chi connectivity index (χ2v) is 8.78. The molecule has 176 valence electrons. The maximum atomic E-state index is 12.6. The van der Waals surface area contributed by atoms with E-state index in [4.69, 9.17) is 26.8 Å². The molecular weight excluding hydrogens is 452 g/mol. The Kier molecular flexibility index (Phi) is 6.65. The van der Waals surface area contributed by atoms with E-state index in [1.54, 1.807) is 44.2 Å². The number of fused-ring (bicyclic) bond motifs is 1. The van der Waals surface area contributed by atoms with Gasteiger partial charge in [-0.25, -0.2) is 13.6 Å². The van der Waals surface area contributed by atoms with Crippen molar-refractivity contribution in [2.24, 2.45) is 0 Å². The van der Waals surface area contributed by atoms with E-state index in [-0.39, 0.29) is 12.1 Å². The van der Waals surface area contributed by atoms with Crippen LogP contribution < -0.4 is 15.8 Å². The molecule has 0 bridgehead atoms. The number of nitrogens with one attached hydrogen (secondary N) is 1.